The molecule has 4 aromatic carbocycles. The number of aromatic nitrogens is 2. The molecule has 0 amide bonds. The van der Waals surface area contributed by atoms with E-state index in [9.17, 15) is 10.2 Å². The number of nitrogens with zero attached hydrogens (tertiary/aromatic N) is 2. The number of hydrogen-bond acceptors (Lipinski definition) is 2. The summed E-state index contributed by atoms with van der Waals surface area (Å²) in [5.74, 6) is 1.90. The molecule has 0 unspecified atom stereocenters. The molecular weight excluding hydrogens is 596 g/mol. The normalized spacial score (nSPS) is 11.2. The highest BCUT2D eigenvalue weighted by atomic mass is 16.3. The number of hydrogen-bond donors (Lipinski definition) is 2. The van der Waals surface area contributed by atoms with Gasteiger partial charge in [-0.05, 0) is 71.8 Å². The number of fused-ring (bicyclic) bond motifs is 2. The van der Waals surface area contributed by atoms with Crippen LogP contribution in [0.3, 0.4) is 0 Å². The second-order valence-corrected chi connectivity index (χ2v) is 12.0. The molecule has 6 nitrogen and oxygen atoms in total. The summed E-state index contributed by atoms with van der Waals surface area (Å²) in [5.41, 5.74) is 7.99. The molecule has 0 bridgehead atoms. The summed E-state index contributed by atoms with van der Waals surface area (Å²) in [6.45, 7) is 1.52. The van der Waals surface area contributed by atoms with Crippen LogP contribution in [0.2, 0.25) is 0 Å². The van der Waals surface area contributed by atoms with Crippen LogP contribution in [0.25, 0.3) is 55.7 Å². The van der Waals surface area contributed by atoms with Crippen LogP contribution in [-0.2, 0) is 13.1 Å². The van der Waals surface area contributed by atoms with Crippen molar-refractivity contribution in [3.63, 3.8) is 0 Å². The molecule has 0 radical (unpaired) electrons. The Balaban J connectivity index is 0.896. The maximum Gasteiger partial charge on any atom is 0.364 e. The van der Waals surface area contributed by atoms with Gasteiger partial charge in [0.25, 0.3) is 0 Å². The molecule has 6 heteroatoms. The van der Waals surface area contributed by atoms with Crippen LogP contribution in [0.5, 0.6) is 11.5 Å². The van der Waals surface area contributed by atoms with Gasteiger partial charge < -0.3 is 10.2 Å². The quantitative estimate of drug-likeness (QED) is 0.137. The zero-order valence-corrected chi connectivity index (χ0v) is 26.0. The predicted octanol–water partition coefficient (Wildman–Crippen LogP) is 8.83. The molecule has 4 heterocycles. The topological polar surface area (TPSA) is 70.8 Å². The standard InChI is InChI=1S/C42H30N2O4/c45-37-13-9-35-11-15-39(47-41(35)25-37)33-5-1-29(2-6-33)27-43-21-17-31(18-22-43)32-19-23-44(24-20-32)28-30-3-7-34(8-4-30)40-16-12-36-10-14-38(46)26-42(36)48-40/h1-26H,27-28H2/q+2/p+2. The molecule has 8 rings (SSSR count). The Labute approximate surface area is 277 Å². The third-order valence-electron chi connectivity index (χ3n) is 8.59. The lowest BCUT2D eigenvalue weighted by Gasteiger charge is -2.03. The summed E-state index contributed by atoms with van der Waals surface area (Å²) in [4.78, 5) is 0. The van der Waals surface area contributed by atoms with Gasteiger partial charge in [0, 0.05) is 47.5 Å². The van der Waals surface area contributed by atoms with E-state index in [1.165, 1.54) is 11.1 Å². The van der Waals surface area contributed by atoms with Crippen molar-refractivity contribution in [2.75, 3.05) is 0 Å². The highest BCUT2D eigenvalue weighted by molar-refractivity contribution is 5.81. The number of benzene rings is 4. The van der Waals surface area contributed by atoms with Crippen molar-refractivity contribution in [1.82, 2.24) is 0 Å². The van der Waals surface area contributed by atoms with Crippen molar-refractivity contribution in [2.24, 2.45) is 0 Å². The summed E-state index contributed by atoms with van der Waals surface area (Å²) in [7, 11) is 0. The maximum absolute atomic E-state index is 9.80. The second kappa shape index (κ2) is 12.4. The second-order valence-electron chi connectivity index (χ2n) is 12.0. The van der Waals surface area contributed by atoms with E-state index >= 15 is 0 Å². The first-order chi connectivity index (χ1) is 23.5. The summed E-state index contributed by atoms with van der Waals surface area (Å²) in [5, 5.41) is 21.5. The summed E-state index contributed by atoms with van der Waals surface area (Å²) >= 11 is 0. The van der Waals surface area contributed by atoms with Crippen LogP contribution in [0, 0.1) is 0 Å². The van der Waals surface area contributed by atoms with E-state index in [1.54, 1.807) is 24.3 Å². The Hall–Kier alpha value is -6.40. The average Bonchev–Trinajstić information content (AvgIpc) is 3.12. The summed E-state index contributed by atoms with van der Waals surface area (Å²) in [6.07, 6.45) is 8.45. The van der Waals surface area contributed by atoms with E-state index in [4.69, 9.17) is 8.83 Å². The highest BCUT2D eigenvalue weighted by Gasteiger charge is 2.17. The van der Waals surface area contributed by atoms with Gasteiger partial charge in [0.1, 0.15) is 11.5 Å². The van der Waals surface area contributed by atoms with Crippen LogP contribution >= 0.6 is 0 Å². The maximum atomic E-state index is 9.80. The van der Waals surface area contributed by atoms with Crippen LogP contribution in [-0.4, -0.2) is 10.2 Å². The van der Waals surface area contributed by atoms with Crippen molar-refractivity contribution >= 4 is 21.9 Å². The van der Waals surface area contributed by atoms with Crippen molar-refractivity contribution < 1.29 is 28.2 Å². The molecule has 230 valence electrons. The van der Waals surface area contributed by atoms with E-state index in [1.807, 2.05) is 36.4 Å². The lowest BCUT2D eigenvalue weighted by molar-refractivity contribution is -0.688. The molecule has 0 aliphatic heterocycles. The molecule has 0 saturated carbocycles. The van der Waals surface area contributed by atoms with E-state index in [0.717, 1.165) is 57.6 Å². The molecule has 4 aromatic heterocycles. The minimum Gasteiger partial charge on any atom is -0.508 e. The fraction of sp³-hybridized carbons (Fsp3) is 0.0476. The van der Waals surface area contributed by atoms with Gasteiger partial charge in [0.15, 0.2) is 37.9 Å². The third-order valence-corrected chi connectivity index (χ3v) is 8.59. The lowest BCUT2D eigenvalue weighted by atomic mass is 10.1. The monoisotopic (exact) mass is 628 g/mol. The zero-order valence-electron chi connectivity index (χ0n) is 26.0. The first-order valence-corrected chi connectivity index (χ1v) is 15.8. The van der Waals surface area contributed by atoms with Gasteiger partial charge in [-0.1, -0.05) is 24.3 Å². The number of rotatable bonds is 7. The molecule has 48 heavy (non-hydrogen) atoms. The predicted molar refractivity (Wildman–Crippen MR) is 186 cm³/mol. The lowest BCUT2D eigenvalue weighted by Crippen LogP contribution is -2.33. The highest BCUT2D eigenvalue weighted by Crippen LogP contribution is 2.28. The number of aromatic hydroxyl groups is 2. The summed E-state index contributed by atoms with van der Waals surface area (Å²) < 4.78 is 16.4. The van der Waals surface area contributed by atoms with Crippen molar-refractivity contribution in [3.05, 3.63) is 169 Å². The molecule has 2 N–H and O–H groups in total. The Morgan fingerprint density at radius 1 is 0.396 bits per heavy atom. The van der Waals surface area contributed by atoms with Crippen LogP contribution < -0.4 is 9.13 Å². The van der Waals surface area contributed by atoms with Gasteiger partial charge in [-0.3, -0.25) is 0 Å². The number of phenolic OH excluding ortho intramolecular Hbond substituents is 2. The van der Waals surface area contributed by atoms with E-state index in [-0.39, 0.29) is 11.5 Å². The van der Waals surface area contributed by atoms with Gasteiger partial charge in [0.2, 0.25) is 0 Å². The van der Waals surface area contributed by atoms with Crippen molar-refractivity contribution in [2.45, 2.75) is 13.1 Å². The van der Waals surface area contributed by atoms with Crippen LogP contribution in [0.1, 0.15) is 11.1 Å². The number of phenols is 2. The van der Waals surface area contributed by atoms with Crippen LogP contribution in [0.4, 0.5) is 0 Å². The van der Waals surface area contributed by atoms with E-state index < -0.39 is 0 Å². The zero-order chi connectivity index (χ0) is 32.5. The van der Waals surface area contributed by atoms with Gasteiger partial charge >= 0.3 is 22.7 Å². The van der Waals surface area contributed by atoms with Gasteiger partial charge in [-0.25, -0.2) is 18.0 Å². The smallest absolute Gasteiger partial charge is 0.364 e. The molecule has 0 fully saturated rings. The Morgan fingerprint density at radius 3 is 1.17 bits per heavy atom. The van der Waals surface area contributed by atoms with Gasteiger partial charge in [-0.15, -0.1) is 0 Å². The Morgan fingerprint density at radius 2 is 0.771 bits per heavy atom. The molecule has 8 aromatic rings. The van der Waals surface area contributed by atoms with E-state index in [2.05, 4.69) is 107 Å². The largest absolute Gasteiger partial charge is 0.508 e. The first-order valence-electron chi connectivity index (χ1n) is 15.8. The van der Waals surface area contributed by atoms with E-state index in [0.29, 0.717) is 11.2 Å². The molecule has 0 atom stereocenters. The van der Waals surface area contributed by atoms with Gasteiger partial charge in [0.05, 0.1) is 34.0 Å². The fourth-order valence-electron chi connectivity index (χ4n) is 5.93. The summed E-state index contributed by atoms with van der Waals surface area (Å²) in [6, 6.07) is 43.6. The minimum absolute atomic E-state index is 0.190. The average molecular weight is 629 g/mol. The minimum atomic E-state index is 0.190. The number of pyridine rings is 2. The molecule has 0 aliphatic carbocycles. The molecule has 0 saturated heterocycles. The molecule has 0 aliphatic rings. The van der Waals surface area contributed by atoms with Crippen LogP contribution in [0.15, 0.2) is 167 Å². The third kappa shape index (κ3) is 6.19. The van der Waals surface area contributed by atoms with Crippen molar-refractivity contribution in [3.8, 4) is 45.3 Å². The molecular formula is C42H32N2O4+4. The first kappa shape index (κ1) is 29.0. The van der Waals surface area contributed by atoms with Crippen molar-refractivity contribution in [1.29, 1.82) is 0 Å². The Kier molecular flexibility index (Phi) is 7.51. The molecule has 0 spiro atoms. The SMILES string of the molecule is Oc1ccc2ccc(-c3ccc(C[n+]4ccc(-c5cc[n+](Cc6ccc(-c7ccc8ccc(O)cc8[o+]7)cc6)cc5)cc4)cc3)[o+]c2c1. The Bertz CT molecular complexity index is 2220. The van der Waals surface area contributed by atoms with Gasteiger partial charge in [-0.2, -0.15) is 0 Å². The fourth-order valence-corrected chi connectivity index (χ4v) is 5.93.